The molecule has 0 spiro atoms. The van der Waals surface area contributed by atoms with E-state index in [2.05, 4.69) is 10.3 Å². The second-order valence-electron chi connectivity index (χ2n) is 4.69. The number of amides is 1. The minimum absolute atomic E-state index is 0.00287. The van der Waals surface area contributed by atoms with Crippen molar-refractivity contribution in [1.29, 1.82) is 0 Å². The van der Waals surface area contributed by atoms with Crippen LogP contribution in [0.3, 0.4) is 0 Å². The first-order valence-electron chi connectivity index (χ1n) is 6.21. The third-order valence-electron chi connectivity index (χ3n) is 3.50. The molecule has 2 unspecified atom stereocenters. The molecule has 0 radical (unpaired) electrons. The SMILES string of the molecule is O=C(NCC1CCCC1C(=O)O)c1cccnc1Cl. The molecule has 1 aliphatic rings. The van der Waals surface area contributed by atoms with Crippen molar-refractivity contribution in [1.82, 2.24) is 10.3 Å². The Labute approximate surface area is 116 Å². The lowest BCUT2D eigenvalue weighted by Crippen LogP contribution is -2.33. The number of carboxylic acid groups (broad SMARTS) is 1. The smallest absolute Gasteiger partial charge is 0.306 e. The molecule has 1 aliphatic carbocycles. The molecule has 1 heterocycles. The third kappa shape index (κ3) is 3.23. The van der Waals surface area contributed by atoms with Gasteiger partial charge in [-0.2, -0.15) is 0 Å². The van der Waals surface area contributed by atoms with Crippen molar-refractivity contribution in [2.75, 3.05) is 6.54 Å². The third-order valence-corrected chi connectivity index (χ3v) is 3.81. The van der Waals surface area contributed by atoms with Gasteiger partial charge in [0.05, 0.1) is 11.5 Å². The van der Waals surface area contributed by atoms with E-state index in [0.717, 1.165) is 12.8 Å². The molecule has 1 saturated carbocycles. The quantitative estimate of drug-likeness (QED) is 0.828. The molecule has 2 rings (SSSR count). The summed E-state index contributed by atoms with van der Waals surface area (Å²) in [4.78, 5) is 26.8. The Morgan fingerprint density at radius 1 is 1.47 bits per heavy atom. The summed E-state index contributed by atoms with van der Waals surface area (Å²) in [7, 11) is 0. The Morgan fingerprint density at radius 3 is 2.95 bits per heavy atom. The number of nitrogens with one attached hydrogen (secondary N) is 1. The highest BCUT2D eigenvalue weighted by molar-refractivity contribution is 6.32. The number of carbonyl (C=O) groups excluding carboxylic acids is 1. The maximum absolute atomic E-state index is 11.9. The second kappa shape index (κ2) is 6.02. The van der Waals surface area contributed by atoms with Gasteiger partial charge in [-0.3, -0.25) is 9.59 Å². The molecule has 1 amide bonds. The van der Waals surface area contributed by atoms with E-state index < -0.39 is 5.97 Å². The van der Waals surface area contributed by atoms with Crippen molar-refractivity contribution in [2.45, 2.75) is 19.3 Å². The predicted octanol–water partition coefficient (Wildman–Crippen LogP) is 1.97. The average Bonchev–Trinajstić information content (AvgIpc) is 2.85. The topological polar surface area (TPSA) is 79.3 Å². The number of pyridine rings is 1. The maximum Gasteiger partial charge on any atom is 0.306 e. The van der Waals surface area contributed by atoms with E-state index in [1.165, 1.54) is 6.20 Å². The highest BCUT2D eigenvalue weighted by Crippen LogP contribution is 2.31. The van der Waals surface area contributed by atoms with Crippen molar-refractivity contribution in [3.63, 3.8) is 0 Å². The van der Waals surface area contributed by atoms with E-state index in [1.54, 1.807) is 12.1 Å². The minimum atomic E-state index is -0.781. The molecule has 2 N–H and O–H groups in total. The zero-order valence-electron chi connectivity index (χ0n) is 10.3. The number of halogens is 1. The molecule has 102 valence electrons. The summed E-state index contributed by atoms with van der Waals surface area (Å²) < 4.78 is 0. The van der Waals surface area contributed by atoms with Crippen LogP contribution in [0.15, 0.2) is 18.3 Å². The lowest BCUT2D eigenvalue weighted by molar-refractivity contribution is -0.142. The van der Waals surface area contributed by atoms with Gasteiger partial charge in [-0.25, -0.2) is 4.98 Å². The minimum Gasteiger partial charge on any atom is -0.481 e. The number of carboxylic acids is 1. The Balaban J connectivity index is 1.94. The number of carbonyl (C=O) groups is 2. The van der Waals surface area contributed by atoms with Crippen LogP contribution in [0.2, 0.25) is 5.15 Å². The first kappa shape index (κ1) is 13.8. The van der Waals surface area contributed by atoms with Crippen LogP contribution >= 0.6 is 11.6 Å². The Morgan fingerprint density at radius 2 is 2.26 bits per heavy atom. The van der Waals surface area contributed by atoms with Crippen LogP contribution in [0.25, 0.3) is 0 Å². The molecular formula is C13H15ClN2O3. The summed E-state index contributed by atoms with van der Waals surface area (Å²) in [6.07, 6.45) is 3.92. The molecule has 19 heavy (non-hydrogen) atoms. The molecular weight excluding hydrogens is 268 g/mol. The highest BCUT2D eigenvalue weighted by Gasteiger charge is 2.32. The van der Waals surface area contributed by atoms with Crippen LogP contribution in [-0.4, -0.2) is 28.5 Å². The number of aromatic nitrogens is 1. The summed E-state index contributed by atoms with van der Waals surface area (Å²) in [5, 5.41) is 12.0. The van der Waals surface area contributed by atoms with Gasteiger partial charge in [-0.05, 0) is 30.9 Å². The lowest BCUT2D eigenvalue weighted by Gasteiger charge is -2.16. The van der Waals surface area contributed by atoms with Gasteiger partial charge in [0.15, 0.2) is 0 Å². The molecule has 0 aliphatic heterocycles. The Kier molecular flexibility index (Phi) is 4.37. The highest BCUT2D eigenvalue weighted by atomic mass is 35.5. The summed E-state index contributed by atoms with van der Waals surface area (Å²) in [5.41, 5.74) is 0.314. The van der Waals surface area contributed by atoms with Crippen LogP contribution in [0.5, 0.6) is 0 Å². The van der Waals surface area contributed by atoms with Crippen LogP contribution in [0.4, 0.5) is 0 Å². The Bertz CT molecular complexity index is 493. The number of rotatable bonds is 4. The molecule has 6 heteroatoms. The van der Waals surface area contributed by atoms with Crippen LogP contribution in [0.1, 0.15) is 29.6 Å². The van der Waals surface area contributed by atoms with Crippen molar-refractivity contribution in [3.8, 4) is 0 Å². The predicted molar refractivity (Wildman–Crippen MR) is 70.0 cm³/mol. The number of hydrogen-bond acceptors (Lipinski definition) is 3. The number of aliphatic carboxylic acids is 1. The van der Waals surface area contributed by atoms with E-state index in [1.807, 2.05) is 0 Å². The first-order chi connectivity index (χ1) is 9.09. The van der Waals surface area contributed by atoms with Gasteiger partial charge in [-0.15, -0.1) is 0 Å². The van der Waals surface area contributed by atoms with Gasteiger partial charge >= 0.3 is 5.97 Å². The van der Waals surface area contributed by atoms with Crippen LogP contribution in [0, 0.1) is 11.8 Å². The zero-order chi connectivity index (χ0) is 13.8. The number of nitrogens with zero attached hydrogens (tertiary/aromatic N) is 1. The van der Waals surface area contributed by atoms with Crippen molar-refractivity contribution in [2.24, 2.45) is 11.8 Å². The molecule has 1 fully saturated rings. The standard InChI is InChI=1S/C13H15ClN2O3/c14-11-10(5-2-6-15-11)12(17)16-7-8-3-1-4-9(8)13(18)19/h2,5-6,8-9H,1,3-4,7H2,(H,16,17)(H,18,19). The monoisotopic (exact) mass is 282 g/mol. The first-order valence-corrected chi connectivity index (χ1v) is 6.59. The maximum atomic E-state index is 11.9. The van der Waals surface area contributed by atoms with E-state index in [-0.39, 0.29) is 22.9 Å². The van der Waals surface area contributed by atoms with Gasteiger partial charge in [0, 0.05) is 12.7 Å². The summed E-state index contributed by atoms with van der Waals surface area (Å²) in [5.74, 6) is -1.45. The molecule has 0 bridgehead atoms. The van der Waals surface area contributed by atoms with Gasteiger partial charge in [-0.1, -0.05) is 18.0 Å². The van der Waals surface area contributed by atoms with Crippen molar-refractivity contribution in [3.05, 3.63) is 29.0 Å². The van der Waals surface area contributed by atoms with Crippen LogP contribution < -0.4 is 5.32 Å². The van der Waals surface area contributed by atoms with Gasteiger partial charge in [0.2, 0.25) is 0 Å². The Hall–Kier alpha value is -1.62. The molecule has 2 atom stereocenters. The largest absolute Gasteiger partial charge is 0.481 e. The van der Waals surface area contributed by atoms with Gasteiger partial charge in [0.1, 0.15) is 5.15 Å². The van der Waals surface area contributed by atoms with Crippen LogP contribution in [-0.2, 0) is 4.79 Å². The summed E-state index contributed by atoms with van der Waals surface area (Å²) in [6, 6.07) is 3.23. The van der Waals surface area contributed by atoms with Gasteiger partial charge in [0.25, 0.3) is 5.91 Å². The fourth-order valence-electron chi connectivity index (χ4n) is 2.48. The average molecular weight is 283 g/mol. The molecule has 1 aromatic rings. The van der Waals surface area contributed by atoms with E-state index in [0.29, 0.717) is 18.5 Å². The fourth-order valence-corrected chi connectivity index (χ4v) is 2.69. The fraction of sp³-hybridized carbons (Fsp3) is 0.462. The number of hydrogen-bond donors (Lipinski definition) is 2. The second-order valence-corrected chi connectivity index (χ2v) is 5.05. The molecule has 1 aromatic heterocycles. The molecule has 0 saturated heterocycles. The normalized spacial score (nSPS) is 22.2. The van der Waals surface area contributed by atoms with Crippen molar-refractivity contribution >= 4 is 23.5 Å². The summed E-state index contributed by atoms with van der Waals surface area (Å²) in [6.45, 7) is 0.362. The molecule has 5 nitrogen and oxygen atoms in total. The molecule has 0 aromatic carbocycles. The van der Waals surface area contributed by atoms with E-state index >= 15 is 0 Å². The zero-order valence-corrected chi connectivity index (χ0v) is 11.1. The van der Waals surface area contributed by atoms with Crippen molar-refractivity contribution < 1.29 is 14.7 Å². The summed E-state index contributed by atoms with van der Waals surface area (Å²) >= 11 is 5.83. The van der Waals surface area contributed by atoms with Gasteiger partial charge < -0.3 is 10.4 Å². The van der Waals surface area contributed by atoms with E-state index in [4.69, 9.17) is 16.7 Å². The van der Waals surface area contributed by atoms with E-state index in [9.17, 15) is 9.59 Å². The lowest BCUT2D eigenvalue weighted by atomic mass is 9.96.